The molecule has 0 aromatic heterocycles. The number of esters is 2. The summed E-state index contributed by atoms with van der Waals surface area (Å²) in [5.74, 6) is -1.05. The molecule has 0 aliphatic rings. The zero-order chi connectivity index (χ0) is 27.6. The minimum Gasteiger partial charge on any atom is -0.469 e. The van der Waals surface area contributed by atoms with E-state index in [0.29, 0.717) is 5.56 Å². The first-order chi connectivity index (χ1) is 18.2. The van der Waals surface area contributed by atoms with Gasteiger partial charge >= 0.3 is 11.9 Å². The zero-order valence-corrected chi connectivity index (χ0v) is 23.9. The van der Waals surface area contributed by atoms with Crippen molar-refractivity contribution in [3.63, 3.8) is 0 Å². The Balaban J connectivity index is 1.88. The third kappa shape index (κ3) is 7.19. The monoisotopic (exact) mass is 534 g/mol. The highest BCUT2D eigenvalue weighted by atomic mass is 28.4. The Hall–Kier alpha value is -3.26. The summed E-state index contributed by atoms with van der Waals surface area (Å²) in [5.41, 5.74) is 0.443. The van der Waals surface area contributed by atoms with Crippen molar-refractivity contribution in [2.45, 2.75) is 45.3 Å². The molecule has 0 saturated carbocycles. The Kier molecular flexibility index (Phi) is 10.4. The van der Waals surface area contributed by atoms with Gasteiger partial charge in [-0.2, -0.15) is 0 Å². The quantitative estimate of drug-likeness (QED) is 0.186. The predicted molar refractivity (Wildman–Crippen MR) is 151 cm³/mol. The Morgan fingerprint density at radius 1 is 0.816 bits per heavy atom. The lowest BCUT2D eigenvalue weighted by Crippen LogP contribution is -2.67. The second-order valence-electron chi connectivity index (χ2n) is 10.4. The topological polar surface area (TPSA) is 71.1 Å². The van der Waals surface area contributed by atoms with Gasteiger partial charge in [-0.1, -0.05) is 107 Å². The fraction of sp³-hybridized carbons (Fsp3) is 0.355. The fourth-order valence-corrected chi connectivity index (χ4v) is 9.23. The van der Waals surface area contributed by atoms with Crippen LogP contribution in [0.3, 0.4) is 0 Å². The molecular weight excluding hydrogens is 496 g/mol. The molecule has 202 valence electrons. The summed E-state index contributed by atoms with van der Waals surface area (Å²) < 4.78 is 23.4. The Morgan fingerprint density at radius 2 is 1.32 bits per heavy atom. The number of hydrogen-bond donors (Lipinski definition) is 0. The van der Waals surface area contributed by atoms with Crippen molar-refractivity contribution in [2.75, 3.05) is 20.5 Å². The minimum absolute atomic E-state index is 0.151. The van der Waals surface area contributed by atoms with Crippen molar-refractivity contribution in [3.05, 3.63) is 96.6 Å². The van der Waals surface area contributed by atoms with Crippen molar-refractivity contribution in [3.8, 4) is 0 Å². The molecule has 0 N–H and O–H groups in total. The number of methoxy groups -OCH3 is 1. The summed E-state index contributed by atoms with van der Waals surface area (Å²) >= 11 is 0. The molecule has 0 heterocycles. The molecule has 0 spiro atoms. The SMILES string of the molecule is COC(=O)C[C@@H](C)[C@H](CO[Si](c1ccccc1)(c1ccccc1)C(C)(C)C)OCOC(=O)c1ccccc1. The highest BCUT2D eigenvalue weighted by molar-refractivity contribution is 6.99. The molecule has 0 saturated heterocycles. The number of carbonyl (C=O) groups excluding carboxylic acids is 2. The predicted octanol–water partition coefficient (Wildman–Crippen LogP) is 4.96. The lowest BCUT2D eigenvalue weighted by molar-refractivity contribution is -0.145. The van der Waals surface area contributed by atoms with Crippen LogP contribution in [0.4, 0.5) is 0 Å². The van der Waals surface area contributed by atoms with Crippen LogP contribution in [0, 0.1) is 5.92 Å². The first kappa shape index (κ1) is 29.3. The Bertz CT molecular complexity index is 1110. The van der Waals surface area contributed by atoms with E-state index in [0.717, 1.165) is 10.4 Å². The van der Waals surface area contributed by atoms with Crippen molar-refractivity contribution in [2.24, 2.45) is 5.92 Å². The molecule has 3 rings (SSSR count). The Morgan fingerprint density at radius 3 is 1.79 bits per heavy atom. The summed E-state index contributed by atoms with van der Waals surface area (Å²) in [6.07, 6.45) is -0.364. The van der Waals surface area contributed by atoms with Crippen molar-refractivity contribution < 1.29 is 28.2 Å². The molecule has 7 heteroatoms. The van der Waals surface area contributed by atoms with Crippen LogP contribution in [-0.2, 0) is 23.4 Å². The smallest absolute Gasteiger partial charge is 0.340 e. The van der Waals surface area contributed by atoms with E-state index < -0.39 is 20.4 Å². The van der Waals surface area contributed by atoms with Crippen LogP contribution in [0.1, 0.15) is 44.5 Å². The lowest BCUT2D eigenvalue weighted by atomic mass is 10.0. The van der Waals surface area contributed by atoms with Gasteiger partial charge in [-0.3, -0.25) is 4.79 Å². The van der Waals surface area contributed by atoms with E-state index in [4.69, 9.17) is 18.6 Å². The van der Waals surface area contributed by atoms with Gasteiger partial charge in [0.15, 0.2) is 6.79 Å². The normalized spacial score (nSPS) is 13.4. The molecular formula is C31H38O6Si. The number of ether oxygens (including phenoxy) is 3. The van der Waals surface area contributed by atoms with Crippen LogP contribution in [0.2, 0.25) is 5.04 Å². The highest BCUT2D eigenvalue weighted by Gasteiger charge is 2.50. The summed E-state index contributed by atoms with van der Waals surface area (Å²) in [6.45, 7) is 8.48. The third-order valence-electron chi connectivity index (χ3n) is 6.71. The molecule has 0 radical (unpaired) electrons. The first-order valence-electron chi connectivity index (χ1n) is 12.8. The third-order valence-corrected chi connectivity index (χ3v) is 11.7. The van der Waals surface area contributed by atoms with Crippen LogP contribution in [0.15, 0.2) is 91.0 Å². The van der Waals surface area contributed by atoms with Gasteiger partial charge < -0.3 is 18.6 Å². The van der Waals surface area contributed by atoms with E-state index in [-0.39, 0.29) is 36.7 Å². The number of hydrogen-bond acceptors (Lipinski definition) is 6. The second-order valence-corrected chi connectivity index (χ2v) is 14.7. The second kappa shape index (κ2) is 13.5. The fourth-order valence-electron chi connectivity index (χ4n) is 4.66. The molecule has 0 amide bonds. The molecule has 0 fully saturated rings. The molecule has 2 atom stereocenters. The summed E-state index contributed by atoms with van der Waals surface area (Å²) in [4.78, 5) is 24.5. The van der Waals surface area contributed by atoms with Crippen LogP contribution in [-0.4, -0.2) is 46.9 Å². The lowest BCUT2D eigenvalue weighted by Gasteiger charge is -2.44. The van der Waals surface area contributed by atoms with E-state index in [1.165, 1.54) is 7.11 Å². The largest absolute Gasteiger partial charge is 0.469 e. The molecule has 0 bridgehead atoms. The van der Waals surface area contributed by atoms with Gasteiger partial charge in [-0.05, 0) is 33.5 Å². The molecule has 3 aromatic rings. The number of carbonyl (C=O) groups is 2. The van der Waals surface area contributed by atoms with E-state index in [9.17, 15) is 9.59 Å². The van der Waals surface area contributed by atoms with Gasteiger partial charge in [-0.15, -0.1) is 0 Å². The maximum atomic E-state index is 12.4. The highest BCUT2D eigenvalue weighted by Crippen LogP contribution is 2.37. The van der Waals surface area contributed by atoms with Crippen molar-refractivity contribution in [1.29, 1.82) is 0 Å². The van der Waals surface area contributed by atoms with E-state index in [2.05, 4.69) is 45.0 Å². The van der Waals surface area contributed by atoms with Gasteiger partial charge in [0.1, 0.15) is 0 Å². The molecule has 0 aliphatic heterocycles. The van der Waals surface area contributed by atoms with Gasteiger partial charge in [0, 0.05) is 0 Å². The summed E-state index contributed by atoms with van der Waals surface area (Å²) in [7, 11) is -1.46. The maximum absolute atomic E-state index is 12.4. The van der Waals surface area contributed by atoms with E-state index >= 15 is 0 Å². The van der Waals surface area contributed by atoms with Crippen LogP contribution < -0.4 is 10.4 Å². The molecule has 0 aliphatic carbocycles. The van der Waals surface area contributed by atoms with Crippen LogP contribution in [0.25, 0.3) is 0 Å². The molecule has 0 unspecified atom stereocenters. The summed E-state index contributed by atoms with van der Waals surface area (Å²) in [6, 6.07) is 29.4. The van der Waals surface area contributed by atoms with Gasteiger partial charge in [0.25, 0.3) is 8.32 Å². The zero-order valence-electron chi connectivity index (χ0n) is 22.9. The van der Waals surface area contributed by atoms with Crippen LogP contribution >= 0.6 is 0 Å². The number of rotatable bonds is 12. The maximum Gasteiger partial charge on any atom is 0.340 e. The average Bonchev–Trinajstić information content (AvgIpc) is 2.93. The van der Waals surface area contributed by atoms with Crippen LogP contribution in [0.5, 0.6) is 0 Å². The molecule has 3 aromatic carbocycles. The summed E-state index contributed by atoms with van der Waals surface area (Å²) in [5, 5.41) is 2.08. The first-order valence-corrected chi connectivity index (χ1v) is 14.8. The van der Waals surface area contributed by atoms with E-state index in [1.807, 2.05) is 49.4 Å². The van der Waals surface area contributed by atoms with Gasteiger partial charge in [0.2, 0.25) is 0 Å². The Labute approximate surface area is 227 Å². The van der Waals surface area contributed by atoms with Crippen molar-refractivity contribution >= 4 is 30.6 Å². The van der Waals surface area contributed by atoms with Gasteiger partial charge in [0.05, 0.1) is 31.8 Å². The molecule has 38 heavy (non-hydrogen) atoms. The standard InChI is InChI=1S/C31H38O6Si/c1-24(21-29(32)34-5)28(35-23-36-30(33)25-15-9-6-10-16-25)22-37-38(31(2,3)4,26-17-11-7-12-18-26)27-19-13-8-14-20-27/h6-20,24,28H,21-23H2,1-5H3/t24-,28+/m1/s1. The van der Waals surface area contributed by atoms with Gasteiger partial charge in [-0.25, -0.2) is 4.79 Å². The van der Waals surface area contributed by atoms with Crippen molar-refractivity contribution in [1.82, 2.24) is 0 Å². The van der Waals surface area contributed by atoms with E-state index in [1.54, 1.807) is 24.3 Å². The minimum atomic E-state index is -2.82. The molecule has 6 nitrogen and oxygen atoms in total. The average molecular weight is 535 g/mol. The number of benzene rings is 3.